The zero-order valence-corrected chi connectivity index (χ0v) is 17.7. The number of rotatable bonds is 5. The molecule has 0 bridgehead atoms. The first kappa shape index (κ1) is 21.2. The summed E-state index contributed by atoms with van der Waals surface area (Å²) in [5.74, 6) is -0.360. The molecule has 0 saturated heterocycles. The van der Waals surface area contributed by atoms with Crippen molar-refractivity contribution in [1.82, 2.24) is 14.4 Å². The Morgan fingerprint density at radius 3 is 2.27 bits per heavy atom. The van der Waals surface area contributed by atoms with E-state index in [1.165, 1.54) is 31.1 Å². The van der Waals surface area contributed by atoms with Gasteiger partial charge < -0.3 is 28.9 Å². The number of carbonyl (C=O) groups is 2. The van der Waals surface area contributed by atoms with Crippen LogP contribution in [0.15, 0.2) is 23.0 Å². The number of aromatic hydroxyl groups is 1. The van der Waals surface area contributed by atoms with Gasteiger partial charge in [0.1, 0.15) is 17.2 Å². The van der Waals surface area contributed by atoms with E-state index in [1.54, 1.807) is 32.3 Å². The molecule has 0 saturated carbocycles. The fourth-order valence-corrected chi connectivity index (χ4v) is 3.62. The molecule has 0 atom stereocenters. The molecule has 1 aromatic carbocycles. The number of amides is 2. The van der Waals surface area contributed by atoms with Crippen molar-refractivity contribution in [2.45, 2.75) is 13.0 Å². The van der Waals surface area contributed by atoms with Crippen LogP contribution in [-0.4, -0.2) is 66.1 Å². The minimum Gasteiger partial charge on any atom is -0.502 e. The van der Waals surface area contributed by atoms with E-state index in [0.29, 0.717) is 30.0 Å². The van der Waals surface area contributed by atoms with Crippen LogP contribution < -0.4 is 15.0 Å². The minimum absolute atomic E-state index is 0.107. The highest BCUT2D eigenvalue weighted by Gasteiger charge is 2.34. The third kappa shape index (κ3) is 3.58. The summed E-state index contributed by atoms with van der Waals surface area (Å²) >= 11 is 0. The van der Waals surface area contributed by atoms with E-state index in [-0.39, 0.29) is 17.8 Å². The highest BCUT2D eigenvalue weighted by Crippen LogP contribution is 2.30. The van der Waals surface area contributed by atoms with Gasteiger partial charge in [0.15, 0.2) is 5.75 Å². The molecule has 0 unspecified atom stereocenters. The van der Waals surface area contributed by atoms with Gasteiger partial charge >= 0.3 is 0 Å². The molecule has 1 aliphatic rings. The number of nitrogens with zero attached hydrogens (tertiary/aromatic N) is 3. The lowest BCUT2D eigenvalue weighted by Crippen LogP contribution is -2.42. The lowest BCUT2D eigenvalue weighted by atomic mass is 9.95. The number of carbonyl (C=O) groups excluding carboxylic acids is 2. The van der Waals surface area contributed by atoms with Crippen molar-refractivity contribution in [1.29, 1.82) is 0 Å². The van der Waals surface area contributed by atoms with Gasteiger partial charge in [-0.05, 0) is 24.1 Å². The lowest BCUT2D eigenvalue weighted by Gasteiger charge is -2.31. The second-order valence-corrected chi connectivity index (χ2v) is 7.31. The molecule has 1 N–H and O–H groups in total. The van der Waals surface area contributed by atoms with Gasteiger partial charge in [-0.2, -0.15) is 0 Å². The molecule has 0 spiro atoms. The van der Waals surface area contributed by atoms with Crippen LogP contribution in [0.4, 0.5) is 0 Å². The maximum atomic E-state index is 13.2. The molecule has 0 radical (unpaired) electrons. The number of aromatic nitrogens is 1. The van der Waals surface area contributed by atoms with E-state index in [2.05, 4.69) is 0 Å². The van der Waals surface area contributed by atoms with Crippen LogP contribution in [0.1, 0.15) is 32.0 Å². The number of ether oxygens (including phenoxy) is 2. The molecule has 9 nitrogen and oxygen atoms in total. The Hall–Kier alpha value is -3.49. The fraction of sp³-hybridized carbons (Fsp3) is 0.381. The summed E-state index contributed by atoms with van der Waals surface area (Å²) < 4.78 is 11.6. The van der Waals surface area contributed by atoms with Crippen LogP contribution in [0, 0.1) is 0 Å². The second-order valence-electron chi connectivity index (χ2n) is 7.31. The minimum atomic E-state index is -0.780. The zero-order valence-electron chi connectivity index (χ0n) is 17.7. The first-order chi connectivity index (χ1) is 14.2. The van der Waals surface area contributed by atoms with E-state index in [4.69, 9.17) is 9.47 Å². The molecule has 0 fully saturated rings. The van der Waals surface area contributed by atoms with Gasteiger partial charge in [-0.1, -0.05) is 0 Å². The number of pyridine rings is 1. The average Bonchev–Trinajstić information content (AvgIpc) is 2.73. The average molecular weight is 415 g/mol. The van der Waals surface area contributed by atoms with Crippen molar-refractivity contribution in [3.8, 4) is 17.2 Å². The number of hydrogen-bond acceptors (Lipinski definition) is 6. The number of fused-ring (bicyclic) bond motifs is 1. The predicted octanol–water partition coefficient (Wildman–Crippen LogP) is 1.01. The van der Waals surface area contributed by atoms with Crippen LogP contribution in [0.3, 0.4) is 0 Å². The number of benzene rings is 1. The molecule has 0 aliphatic carbocycles. The predicted molar refractivity (Wildman–Crippen MR) is 109 cm³/mol. The van der Waals surface area contributed by atoms with E-state index >= 15 is 0 Å². The van der Waals surface area contributed by atoms with Gasteiger partial charge in [0.25, 0.3) is 17.4 Å². The molecule has 1 aliphatic heterocycles. The maximum Gasteiger partial charge on any atom is 0.293 e. The molecule has 30 heavy (non-hydrogen) atoms. The monoisotopic (exact) mass is 415 g/mol. The molecule has 9 heteroatoms. The quantitative estimate of drug-likeness (QED) is 0.782. The van der Waals surface area contributed by atoms with Gasteiger partial charge in [-0.15, -0.1) is 0 Å². The number of methoxy groups -OCH3 is 2. The van der Waals surface area contributed by atoms with Crippen molar-refractivity contribution in [3.63, 3.8) is 0 Å². The van der Waals surface area contributed by atoms with Gasteiger partial charge in [0, 0.05) is 45.9 Å². The van der Waals surface area contributed by atoms with Crippen molar-refractivity contribution >= 4 is 11.8 Å². The summed E-state index contributed by atoms with van der Waals surface area (Å²) in [7, 11) is 7.63. The van der Waals surface area contributed by atoms with Crippen molar-refractivity contribution in [2.24, 2.45) is 7.05 Å². The van der Waals surface area contributed by atoms with Crippen LogP contribution in [-0.2, 0) is 20.0 Å². The largest absolute Gasteiger partial charge is 0.502 e. The molecular weight excluding hydrogens is 390 g/mol. The van der Waals surface area contributed by atoms with Gasteiger partial charge in [0.2, 0.25) is 0 Å². The Balaban J connectivity index is 2.04. The summed E-state index contributed by atoms with van der Waals surface area (Å²) in [5, 5.41) is 10.4. The van der Waals surface area contributed by atoms with Gasteiger partial charge in [-0.25, -0.2) is 0 Å². The highest BCUT2D eigenvalue weighted by atomic mass is 16.5. The van der Waals surface area contributed by atoms with Crippen LogP contribution in [0.2, 0.25) is 0 Å². The molecule has 3 rings (SSSR count). The number of hydrogen-bond donors (Lipinski definition) is 1. The summed E-state index contributed by atoms with van der Waals surface area (Å²) in [5.41, 5.74) is 0.393. The Morgan fingerprint density at radius 1 is 1.13 bits per heavy atom. The molecule has 2 aromatic rings. The summed E-state index contributed by atoms with van der Waals surface area (Å²) in [4.78, 5) is 41.2. The molecule has 2 heterocycles. The van der Waals surface area contributed by atoms with E-state index in [1.807, 2.05) is 0 Å². The van der Waals surface area contributed by atoms with E-state index < -0.39 is 23.1 Å². The standard InChI is InChI=1S/C21H25N3O6/c1-22(2)20(27)17-15-6-7-24(19(26)16(15)18(25)21(28)23(17)3)11-12-8-13(29-4)10-14(9-12)30-5/h8-10,25H,6-7,11H2,1-5H3. The normalized spacial score (nSPS) is 13.1. The Bertz CT molecular complexity index is 1050. The zero-order chi connectivity index (χ0) is 22.2. The van der Waals surface area contributed by atoms with Gasteiger partial charge in [0.05, 0.1) is 19.8 Å². The molecule has 1 aromatic heterocycles. The highest BCUT2D eigenvalue weighted by molar-refractivity contribution is 6.03. The van der Waals surface area contributed by atoms with Gasteiger partial charge in [-0.3, -0.25) is 14.4 Å². The lowest BCUT2D eigenvalue weighted by molar-refractivity contribution is 0.0719. The molecule has 2 amide bonds. The Kier molecular flexibility index (Phi) is 5.73. The van der Waals surface area contributed by atoms with Crippen LogP contribution in [0.5, 0.6) is 17.2 Å². The second kappa shape index (κ2) is 8.10. The first-order valence-electron chi connectivity index (χ1n) is 9.37. The Labute approximate surface area is 174 Å². The first-order valence-corrected chi connectivity index (χ1v) is 9.37. The summed E-state index contributed by atoms with van der Waals surface area (Å²) in [6, 6.07) is 5.30. The van der Waals surface area contributed by atoms with Crippen molar-refractivity contribution < 1.29 is 24.2 Å². The third-order valence-corrected chi connectivity index (χ3v) is 5.19. The summed E-state index contributed by atoms with van der Waals surface area (Å²) in [6.07, 6.45) is 0.332. The Morgan fingerprint density at radius 2 is 1.73 bits per heavy atom. The van der Waals surface area contributed by atoms with Crippen LogP contribution >= 0.6 is 0 Å². The third-order valence-electron chi connectivity index (χ3n) is 5.19. The molecular formula is C21H25N3O6. The van der Waals surface area contributed by atoms with Crippen LogP contribution in [0.25, 0.3) is 0 Å². The van der Waals surface area contributed by atoms with Crippen molar-refractivity contribution in [2.75, 3.05) is 34.9 Å². The molecule has 160 valence electrons. The van der Waals surface area contributed by atoms with E-state index in [9.17, 15) is 19.5 Å². The SMILES string of the molecule is COc1cc(CN2CCc3c(c(O)c(=O)n(C)c3C(=O)N(C)C)C2=O)cc(OC)c1. The maximum absolute atomic E-state index is 13.2. The van der Waals surface area contributed by atoms with E-state index in [0.717, 1.165) is 10.1 Å². The smallest absolute Gasteiger partial charge is 0.293 e. The fourth-order valence-electron chi connectivity index (χ4n) is 3.62. The summed E-state index contributed by atoms with van der Waals surface area (Å²) in [6.45, 7) is 0.564. The topological polar surface area (TPSA) is 101 Å². The van der Waals surface area contributed by atoms with Crippen molar-refractivity contribution in [3.05, 3.63) is 50.9 Å².